The van der Waals surface area contributed by atoms with Gasteiger partial charge in [-0.2, -0.15) is 0 Å². The third-order valence-corrected chi connectivity index (χ3v) is 2.47. The Kier molecular flexibility index (Phi) is 6.57. The lowest BCUT2D eigenvalue weighted by atomic mass is 10.1. The van der Waals surface area contributed by atoms with Crippen molar-refractivity contribution in [2.24, 2.45) is 5.73 Å². The molecule has 1 rings (SSSR count). The highest BCUT2D eigenvalue weighted by Crippen LogP contribution is 2.12. The summed E-state index contributed by atoms with van der Waals surface area (Å²) in [7, 11) is 0. The zero-order valence-electron chi connectivity index (χ0n) is 10.8. The molecule has 0 heterocycles. The molecule has 3 nitrogen and oxygen atoms in total. The number of ether oxygens (including phenoxy) is 1. The molecule has 0 saturated carbocycles. The second-order valence-corrected chi connectivity index (χ2v) is 4.31. The van der Waals surface area contributed by atoms with E-state index in [4.69, 9.17) is 10.5 Å². The fraction of sp³-hybridized carbons (Fsp3) is 0.429. The molecule has 3 N–H and O–H groups in total. The van der Waals surface area contributed by atoms with E-state index in [1.807, 2.05) is 13.0 Å². The quantitative estimate of drug-likeness (QED) is 0.549. The summed E-state index contributed by atoms with van der Waals surface area (Å²) in [5.41, 5.74) is 7.53. The predicted octanol–water partition coefficient (Wildman–Crippen LogP) is 2.01. The summed E-state index contributed by atoms with van der Waals surface area (Å²) in [5.74, 6) is -0.244. The Labute approximate surface area is 108 Å². The van der Waals surface area contributed by atoms with Gasteiger partial charge in [-0.15, -0.1) is 0 Å². The maximum Gasteiger partial charge on any atom is 0.123 e. The van der Waals surface area contributed by atoms with Gasteiger partial charge in [-0.25, -0.2) is 4.39 Å². The fourth-order valence-corrected chi connectivity index (χ4v) is 1.61. The SMILES string of the molecule is C=C(C)COCCNC(CN)c1cccc(F)c1. The Morgan fingerprint density at radius 3 is 2.94 bits per heavy atom. The van der Waals surface area contributed by atoms with E-state index in [1.54, 1.807) is 6.07 Å². The highest BCUT2D eigenvalue weighted by atomic mass is 19.1. The van der Waals surface area contributed by atoms with Crippen LogP contribution in [0.2, 0.25) is 0 Å². The highest BCUT2D eigenvalue weighted by Gasteiger charge is 2.08. The second-order valence-electron chi connectivity index (χ2n) is 4.31. The van der Waals surface area contributed by atoms with Crippen LogP contribution in [0.4, 0.5) is 4.39 Å². The van der Waals surface area contributed by atoms with Crippen molar-refractivity contribution < 1.29 is 9.13 Å². The minimum atomic E-state index is -0.244. The van der Waals surface area contributed by atoms with Gasteiger partial charge in [0.15, 0.2) is 0 Å². The molecule has 0 aliphatic rings. The van der Waals surface area contributed by atoms with Crippen molar-refractivity contribution in [3.63, 3.8) is 0 Å². The molecule has 0 radical (unpaired) electrons. The minimum absolute atomic E-state index is 0.0471. The predicted molar refractivity (Wildman–Crippen MR) is 71.8 cm³/mol. The standard InChI is InChI=1S/C14H21FN2O/c1-11(2)10-18-7-6-17-14(9-16)12-4-3-5-13(15)8-12/h3-5,8,14,17H,1,6-7,9-10,16H2,2H3. The van der Waals surface area contributed by atoms with Gasteiger partial charge >= 0.3 is 0 Å². The Balaban J connectivity index is 2.36. The molecule has 4 heteroatoms. The number of hydrogen-bond donors (Lipinski definition) is 2. The molecule has 1 aromatic rings. The van der Waals surface area contributed by atoms with Crippen LogP contribution in [-0.2, 0) is 4.74 Å². The van der Waals surface area contributed by atoms with E-state index in [2.05, 4.69) is 11.9 Å². The first kappa shape index (κ1) is 14.8. The monoisotopic (exact) mass is 252 g/mol. The van der Waals surface area contributed by atoms with E-state index in [1.165, 1.54) is 12.1 Å². The Morgan fingerprint density at radius 1 is 1.56 bits per heavy atom. The van der Waals surface area contributed by atoms with E-state index in [-0.39, 0.29) is 11.9 Å². The highest BCUT2D eigenvalue weighted by molar-refractivity contribution is 5.20. The third kappa shape index (κ3) is 5.40. The molecule has 1 unspecified atom stereocenters. The first-order valence-electron chi connectivity index (χ1n) is 6.04. The van der Waals surface area contributed by atoms with Gasteiger partial charge < -0.3 is 15.8 Å². The van der Waals surface area contributed by atoms with Crippen LogP contribution < -0.4 is 11.1 Å². The van der Waals surface area contributed by atoms with E-state index >= 15 is 0 Å². The van der Waals surface area contributed by atoms with Crippen molar-refractivity contribution in [2.75, 3.05) is 26.3 Å². The number of halogens is 1. The lowest BCUT2D eigenvalue weighted by Crippen LogP contribution is -2.31. The third-order valence-electron chi connectivity index (χ3n) is 2.47. The van der Waals surface area contributed by atoms with E-state index in [0.29, 0.717) is 26.3 Å². The smallest absolute Gasteiger partial charge is 0.123 e. The minimum Gasteiger partial charge on any atom is -0.376 e. The zero-order valence-corrected chi connectivity index (χ0v) is 10.8. The van der Waals surface area contributed by atoms with Crippen LogP contribution >= 0.6 is 0 Å². The van der Waals surface area contributed by atoms with E-state index < -0.39 is 0 Å². The van der Waals surface area contributed by atoms with Crippen molar-refractivity contribution in [1.82, 2.24) is 5.32 Å². The van der Waals surface area contributed by atoms with Gasteiger partial charge in [0.1, 0.15) is 5.82 Å². The summed E-state index contributed by atoms with van der Waals surface area (Å²) in [6.07, 6.45) is 0. The van der Waals surface area contributed by atoms with Crippen LogP contribution in [-0.4, -0.2) is 26.3 Å². The lowest BCUT2D eigenvalue weighted by molar-refractivity contribution is 0.155. The molecular weight excluding hydrogens is 231 g/mol. The molecule has 100 valence electrons. The van der Waals surface area contributed by atoms with Gasteiger partial charge in [0.25, 0.3) is 0 Å². The summed E-state index contributed by atoms with van der Waals surface area (Å²) in [5, 5.41) is 3.24. The van der Waals surface area contributed by atoms with Gasteiger partial charge in [-0.1, -0.05) is 24.3 Å². The van der Waals surface area contributed by atoms with Crippen molar-refractivity contribution in [3.05, 3.63) is 47.8 Å². The molecule has 18 heavy (non-hydrogen) atoms. The molecule has 0 fully saturated rings. The topological polar surface area (TPSA) is 47.3 Å². The number of hydrogen-bond acceptors (Lipinski definition) is 3. The molecule has 1 aromatic carbocycles. The molecule has 0 saturated heterocycles. The van der Waals surface area contributed by atoms with Crippen molar-refractivity contribution in [3.8, 4) is 0 Å². The van der Waals surface area contributed by atoms with Crippen molar-refractivity contribution in [2.45, 2.75) is 13.0 Å². The first-order valence-corrected chi connectivity index (χ1v) is 6.04. The summed E-state index contributed by atoms with van der Waals surface area (Å²) in [4.78, 5) is 0. The second kappa shape index (κ2) is 7.97. The lowest BCUT2D eigenvalue weighted by Gasteiger charge is -2.17. The Morgan fingerprint density at radius 2 is 2.33 bits per heavy atom. The molecule has 0 bridgehead atoms. The summed E-state index contributed by atoms with van der Waals surface area (Å²) in [6, 6.07) is 6.43. The Bertz CT molecular complexity index is 382. The molecule has 1 atom stereocenters. The summed E-state index contributed by atoms with van der Waals surface area (Å²) >= 11 is 0. The Hall–Kier alpha value is -1.23. The van der Waals surface area contributed by atoms with Crippen molar-refractivity contribution >= 4 is 0 Å². The summed E-state index contributed by atoms with van der Waals surface area (Å²) < 4.78 is 18.5. The van der Waals surface area contributed by atoms with Gasteiger partial charge in [0.2, 0.25) is 0 Å². The number of rotatable bonds is 8. The van der Waals surface area contributed by atoms with Crippen LogP contribution in [0.25, 0.3) is 0 Å². The molecular formula is C14H21FN2O. The van der Waals surface area contributed by atoms with Gasteiger partial charge in [0, 0.05) is 19.1 Å². The normalized spacial score (nSPS) is 12.4. The maximum absolute atomic E-state index is 13.1. The van der Waals surface area contributed by atoms with Crippen molar-refractivity contribution in [1.29, 1.82) is 0 Å². The largest absolute Gasteiger partial charge is 0.376 e. The fourth-order valence-electron chi connectivity index (χ4n) is 1.61. The molecule has 0 amide bonds. The average molecular weight is 252 g/mol. The molecule has 0 aliphatic heterocycles. The van der Waals surface area contributed by atoms with Crippen LogP contribution in [0.5, 0.6) is 0 Å². The first-order chi connectivity index (χ1) is 8.63. The molecule has 0 spiro atoms. The molecule has 0 aromatic heterocycles. The maximum atomic E-state index is 13.1. The number of nitrogens with one attached hydrogen (secondary N) is 1. The van der Waals surface area contributed by atoms with Crippen LogP contribution in [0, 0.1) is 5.82 Å². The van der Waals surface area contributed by atoms with E-state index in [0.717, 1.165) is 11.1 Å². The van der Waals surface area contributed by atoms with Gasteiger partial charge in [-0.3, -0.25) is 0 Å². The van der Waals surface area contributed by atoms with Gasteiger partial charge in [-0.05, 0) is 24.6 Å². The van der Waals surface area contributed by atoms with E-state index in [9.17, 15) is 4.39 Å². The number of nitrogens with two attached hydrogens (primary N) is 1. The van der Waals surface area contributed by atoms with Crippen LogP contribution in [0.15, 0.2) is 36.4 Å². The zero-order chi connectivity index (χ0) is 13.4. The molecule has 0 aliphatic carbocycles. The van der Waals surface area contributed by atoms with Gasteiger partial charge in [0.05, 0.1) is 13.2 Å². The van der Waals surface area contributed by atoms with Crippen LogP contribution in [0.3, 0.4) is 0 Å². The average Bonchev–Trinajstić information content (AvgIpc) is 2.33. The van der Waals surface area contributed by atoms with Crippen LogP contribution in [0.1, 0.15) is 18.5 Å². The number of benzene rings is 1. The summed E-state index contributed by atoms with van der Waals surface area (Å²) in [6.45, 7) is 7.91.